The highest BCUT2D eigenvalue weighted by Crippen LogP contribution is 2.32. The predicted octanol–water partition coefficient (Wildman–Crippen LogP) is 0.947. The molecule has 1 heterocycles. The van der Waals surface area contributed by atoms with Crippen molar-refractivity contribution in [2.75, 3.05) is 20.1 Å². The van der Waals surface area contributed by atoms with Crippen LogP contribution in [0.1, 0.15) is 39.2 Å². The number of hydrazone groups is 1. The van der Waals surface area contributed by atoms with Gasteiger partial charge < -0.3 is 21.1 Å². The maximum absolute atomic E-state index is 10.7. The van der Waals surface area contributed by atoms with Crippen molar-refractivity contribution in [2.24, 2.45) is 16.7 Å². The fourth-order valence-electron chi connectivity index (χ4n) is 2.51. The molecule has 1 aliphatic heterocycles. The summed E-state index contributed by atoms with van der Waals surface area (Å²) in [6.45, 7) is 8.75. The second-order valence-electron chi connectivity index (χ2n) is 7.48. The maximum Gasteiger partial charge on any atom is 0.227 e. The Balaban J connectivity index is 0.000000293. The highest BCUT2D eigenvalue weighted by molar-refractivity contribution is 5.96. The average molecular weight is 377 g/mol. The standard InChI is InChI=1S/C14H21NO.C5H10N4O2/c1-14(2,3)12-7-5-6-8-13(12)16-11-9-15(4)10-11;6-5(9-7)8-4(11)2-1-3-10/h5-8,11H,9-10H2,1-4H3;3H,1-2,7H2,(H3,6,8,9,11). The molecule has 0 aromatic heterocycles. The lowest BCUT2D eigenvalue weighted by atomic mass is 9.86. The zero-order chi connectivity index (χ0) is 20.4. The lowest BCUT2D eigenvalue weighted by Gasteiger charge is -2.37. The molecule has 0 saturated carbocycles. The van der Waals surface area contributed by atoms with E-state index >= 15 is 0 Å². The number of rotatable bonds is 5. The molecule has 8 heteroatoms. The second-order valence-corrected chi connectivity index (χ2v) is 7.48. The van der Waals surface area contributed by atoms with Gasteiger partial charge in [0.15, 0.2) is 0 Å². The fraction of sp³-hybridized carbons (Fsp3) is 0.526. The van der Waals surface area contributed by atoms with Gasteiger partial charge in [0.1, 0.15) is 18.1 Å². The van der Waals surface area contributed by atoms with Crippen LogP contribution in [-0.2, 0) is 15.0 Å². The average Bonchev–Trinajstić information content (AvgIpc) is 2.58. The summed E-state index contributed by atoms with van der Waals surface area (Å²) in [6.07, 6.45) is 1.28. The molecule has 1 amide bonds. The molecule has 0 bridgehead atoms. The Kier molecular flexibility index (Phi) is 8.74. The number of amides is 1. The number of ether oxygens (including phenoxy) is 1. The Labute approximate surface area is 160 Å². The number of benzene rings is 1. The van der Waals surface area contributed by atoms with Gasteiger partial charge in [-0.3, -0.25) is 15.0 Å². The molecule has 0 unspecified atom stereocenters. The van der Waals surface area contributed by atoms with Gasteiger partial charge in [0, 0.05) is 25.9 Å². The summed E-state index contributed by atoms with van der Waals surface area (Å²) < 4.78 is 6.04. The minimum Gasteiger partial charge on any atom is -0.487 e. The summed E-state index contributed by atoms with van der Waals surface area (Å²) >= 11 is 0. The zero-order valence-electron chi connectivity index (χ0n) is 16.6. The van der Waals surface area contributed by atoms with Gasteiger partial charge in [-0.15, -0.1) is 5.10 Å². The minimum absolute atomic E-state index is 0.0969. The van der Waals surface area contributed by atoms with Crippen LogP contribution in [0.5, 0.6) is 5.75 Å². The molecule has 1 aliphatic rings. The number of aldehydes is 1. The highest BCUT2D eigenvalue weighted by Gasteiger charge is 2.27. The SMILES string of the molecule is CN1CC(Oc2ccccc2C(C)(C)C)C1.N/N=C(\N)NC(=O)CCC=O. The molecule has 0 aliphatic carbocycles. The van der Waals surface area contributed by atoms with Crippen molar-refractivity contribution >= 4 is 18.2 Å². The molecule has 1 aromatic rings. The number of likely N-dealkylation sites (tertiary alicyclic amines) is 1. The topological polar surface area (TPSA) is 123 Å². The van der Waals surface area contributed by atoms with Gasteiger partial charge >= 0.3 is 0 Å². The quantitative estimate of drug-likeness (QED) is 0.231. The summed E-state index contributed by atoms with van der Waals surface area (Å²) in [4.78, 5) is 22.8. The number of likely N-dealkylation sites (N-methyl/N-ethyl adjacent to an activating group) is 1. The van der Waals surface area contributed by atoms with Gasteiger partial charge in [-0.05, 0) is 24.1 Å². The van der Waals surface area contributed by atoms with E-state index in [-0.39, 0.29) is 30.1 Å². The molecule has 1 saturated heterocycles. The predicted molar refractivity (Wildman–Crippen MR) is 106 cm³/mol. The van der Waals surface area contributed by atoms with Crippen molar-refractivity contribution in [3.05, 3.63) is 29.8 Å². The Bertz CT molecular complexity index is 649. The van der Waals surface area contributed by atoms with Gasteiger partial charge in [0.2, 0.25) is 11.9 Å². The van der Waals surface area contributed by atoms with Crippen LogP contribution in [0.3, 0.4) is 0 Å². The van der Waals surface area contributed by atoms with Crippen molar-refractivity contribution < 1.29 is 14.3 Å². The number of hydrogen-bond donors (Lipinski definition) is 3. The summed E-state index contributed by atoms with van der Waals surface area (Å²) in [7, 11) is 2.12. The fourth-order valence-corrected chi connectivity index (χ4v) is 2.51. The van der Waals surface area contributed by atoms with Crippen molar-refractivity contribution in [1.29, 1.82) is 0 Å². The zero-order valence-corrected chi connectivity index (χ0v) is 16.6. The molecule has 150 valence electrons. The molecule has 5 N–H and O–H groups in total. The maximum atomic E-state index is 10.7. The molecule has 2 rings (SSSR count). The van der Waals surface area contributed by atoms with Crippen LogP contribution < -0.4 is 21.6 Å². The van der Waals surface area contributed by atoms with E-state index in [4.69, 9.17) is 16.3 Å². The molecule has 1 aromatic carbocycles. The third-order valence-corrected chi connectivity index (χ3v) is 3.92. The molecule has 0 spiro atoms. The monoisotopic (exact) mass is 377 g/mol. The number of guanidine groups is 1. The molecule has 0 atom stereocenters. The number of hydrogen-bond acceptors (Lipinski definition) is 6. The summed E-state index contributed by atoms with van der Waals surface area (Å²) in [5.74, 6) is 5.25. The normalized spacial score (nSPS) is 15.2. The van der Waals surface area contributed by atoms with E-state index in [1.165, 1.54) is 5.56 Å². The van der Waals surface area contributed by atoms with E-state index in [2.05, 4.69) is 61.3 Å². The van der Waals surface area contributed by atoms with E-state index in [0.717, 1.165) is 18.8 Å². The van der Waals surface area contributed by atoms with Gasteiger partial charge in [0.25, 0.3) is 0 Å². The highest BCUT2D eigenvalue weighted by atomic mass is 16.5. The van der Waals surface area contributed by atoms with Crippen LogP contribution in [0.4, 0.5) is 0 Å². The van der Waals surface area contributed by atoms with Crippen LogP contribution >= 0.6 is 0 Å². The van der Waals surface area contributed by atoms with E-state index < -0.39 is 0 Å². The van der Waals surface area contributed by atoms with Crippen molar-refractivity contribution in [3.8, 4) is 5.75 Å². The second kappa shape index (κ2) is 10.5. The third-order valence-electron chi connectivity index (χ3n) is 3.92. The van der Waals surface area contributed by atoms with Crippen LogP contribution in [0, 0.1) is 0 Å². The molecule has 0 radical (unpaired) electrons. The number of para-hydroxylation sites is 1. The molecule has 8 nitrogen and oxygen atoms in total. The minimum atomic E-state index is -0.371. The lowest BCUT2D eigenvalue weighted by molar-refractivity contribution is -0.121. The Morgan fingerprint density at radius 1 is 1.37 bits per heavy atom. The third kappa shape index (κ3) is 8.08. The largest absolute Gasteiger partial charge is 0.487 e. The molecule has 1 fully saturated rings. The number of carbonyl (C=O) groups excluding carboxylic acids is 2. The number of nitrogens with one attached hydrogen (secondary N) is 1. The first kappa shape index (κ1) is 22.4. The number of nitrogens with zero attached hydrogens (tertiary/aromatic N) is 2. The van der Waals surface area contributed by atoms with Crippen LogP contribution in [0.2, 0.25) is 0 Å². The smallest absolute Gasteiger partial charge is 0.227 e. The number of nitrogens with two attached hydrogens (primary N) is 2. The van der Waals surface area contributed by atoms with E-state index in [1.807, 2.05) is 6.07 Å². The van der Waals surface area contributed by atoms with Crippen molar-refractivity contribution in [3.63, 3.8) is 0 Å². The van der Waals surface area contributed by atoms with Gasteiger partial charge in [-0.25, -0.2) is 0 Å². The lowest BCUT2D eigenvalue weighted by Crippen LogP contribution is -2.51. The van der Waals surface area contributed by atoms with Crippen LogP contribution in [0.25, 0.3) is 0 Å². The van der Waals surface area contributed by atoms with Gasteiger partial charge in [-0.2, -0.15) is 0 Å². The summed E-state index contributed by atoms with van der Waals surface area (Å²) in [5, 5.41) is 5.18. The van der Waals surface area contributed by atoms with Gasteiger partial charge in [-0.1, -0.05) is 39.0 Å². The first-order valence-electron chi connectivity index (χ1n) is 8.89. The summed E-state index contributed by atoms with van der Waals surface area (Å²) in [6, 6.07) is 8.38. The van der Waals surface area contributed by atoms with Gasteiger partial charge in [0.05, 0.1) is 0 Å². The van der Waals surface area contributed by atoms with Crippen molar-refractivity contribution in [2.45, 2.75) is 45.1 Å². The Hall–Kier alpha value is -2.61. The molecular formula is C19H31N5O3. The Morgan fingerprint density at radius 3 is 2.52 bits per heavy atom. The van der Waals surface area contributed by atoms with Crippen LogP contribution in [-0.4, -0.2) is 49.3 Å². The first-order chi connectivity index (χ1) is 12.7. The first-order valence-corrected chi connectivity index (χ1v) is 8.89. The Morgan fingerprint density at radius 2 is 2.00 bits per heavy atom. The van der Waals surface area contributed by atoms with Crippen LogP contribution in [0.15, 0.2) is 29.4 Å². The number of carbonyl (C=O) groups is 2. The van der Waals surface area contributed by atoms with E-state index in [1.54, 1.807) is 0 Å². The van der Waals surface area contributed by atoms with E-state index in [9.17, 15) is 9.59 Å². The van der Waals surface area contributed by atoms with Crippen molar-refractivity contribution in [1.82, 2.24) is 10.2 Å². The van der Waals surface area contributed by atoms with E-state index in [0.29, 0.717) is 12.4 Å². The molecule has 27 heavy (non-hydrogen) atoms. The summed E-state index contributed by atoms with van der Waals surface area (Å²) in [5.41, 5.74) is 6.49. The molecular weight excluding hydrogens is 346 g/mol.